The molecule has 0 bridgehead atoms. The lowest BCUT2D eigenvalue weighted by atomic mass is 10.1. The van der Waals surface area contributed by atoms with Gasteiger partial charge in [-0.05, 0) is 37.8 Å². The molecule has 0 aliphatic rings. The summed E-state index contributed by atoms with van der Waals surface area (Å²) in [7, 11) is 0. The first-order chi connectivity index (χ1) is 8.66. The molecule has 0 spiro atoms. The van der Waals surface area contributed by atoms with Gasteiger partial charge in [0.05, 0.1) is 12.2 Å². The monoisotopic (exact) mass is 251 g/mol. The number of anilines is 1. The molecule has 18 heavy (non-hydrogen) atoms. The number of hydrogen-bond donors (Lipinski definition) is 2. The Morgan fingerprint density at radius 3 is 2.67 bits per heavy atom. The summed E-state index contributed by atoms with van der Waals surface area (Å²) in [6.07, 6.45) is 3.54. The molecule has 0 amide bonds. The van der Waals surface area contributed by atoms with Gasteiger partial charge in [-0.25, -0.2) is 4.79 Å². The van der Waals surface area contributed by atoms with Gasteiger partial charge in [0.15, 0.2) is 0 Å². The minimum atomic E-state index is -0.354. The fraction of sp³-hybridized carbons (Fsp3) is 0.500. The van der Waals surface area contributed by atoms with Crippen LogP contribution in [0.4, 0.5) is 5.69 Å². The van der Waals surface area contributed by atoms with Crippen molar-refractivity contribution < 1.29 is 14.6 Å². The minimum absolute atomic E-state index is 0.222. The molecule has 0 saturated heterocycles. The van der Waals surface area contributed by atoms with Crippen LogP contribution in [0.3, 0.4) is 0 Å². The van der Waals surface area contributed by atoms with E-state index < -0.39 is 0 Å². The van der Waals surface area contributed by atoms with Gasteiger partial charge >= 0.3 is 5.97 Å². The highest BCUT2D eigenvalue weighted by atomic mass is 16.5. The SMILES string of the molecule is Cc1cccc(N)c1C(=O)OCCCCCCO. The molecule has 0 aromatic heterocycles. The van der Waals surface area contributed by atoms with Crippen LogP contribution in [0.1, 0.15) is 41.6 Å². The summed E-state index contributed by atoms with van der Waals surface area (Å²) in [6, 6.07) is 5.36. The molecule has 0 radical (unpaired) electrons. The third kappa shape index (κ3) is 4.37. The van der Waals surface area contributed by atoms with E-state index in [9.17, 15) is 4.79 Å². The van der Waals surface area contributed by atoms with Crippen LogP contribution in [-0.2, 0) is 4.74 Å². The average molecular weight is 251 g/mol. The van der Waals surface area contributed by atoms with E-state index in [4.69, 9.17) is 15.6 Å². The smallest absolute Gasteiger partial charge is 0.340 e. The maximum absolute atomic E-state index is 11.8. The summed E-state index contributed by atoms with van der Waals surface area (Å²) in [6.45, 7) is 2.46. The van der Waals surface area contributed by atoms with E-state index in [1.54, 1.807) is 6.07 Å². The molecular weight excluding hydrogens is 230 g/mol. The van der Waals surface area contributed by atoms with Gasteiger partial charge in [0.25, 0.3) is 0 Å². The molecule has 1 aromatic rings. The van der Waals surface area contributed by atoms with Crippen LogP contribution in [0.25, 0.3) is 0 Å². The molecule has 1 rings (SSSR count). The Morgan fingerprint density at radius 2 is 2.00 bits per heavy atom. The number of aliphatic hydroxyl groups excluding tert-OH is 1. The topological polar surface area (TPSA) is 72.6 Å². The van der Waals surface area contributed by atoms with E-state index in [1.807, 2.05) is 19.1 Å². The Labute approximate surface area is 108 Å². The number of unbranched alkanes of at least 4 members (excludes halogenated alkanes) is 3. The maximum atomic E-state index is 11.8. The number of benzene rings is 1. The fourth-order valence-corrected chi connectivity index (χ4v) is 1.77. The van der Waals surface area contributed by atoms with Crippen LogP contribution >= 0.6 is 0 Å². The second kappa shape index (κ2) is 7.71. The Hall–Kier alpha value is -1.55. The van der Waals surface area contributed by atoms with Crippen LogP contribution in [-0.4, -0.2) is 24.3 Å². The van der Waals surface area contributed by atoms with Crippen LogP contribution in [0.5, 0.6) is 0 Å². The zero-order valence-electron chi connectivity index (χ0n) is 10.8. The lowest BCUT2D eigenvalue weighted by Gasteiger charge is -2.09. The number of nitrogens with two attached hydrogens (primary N) is 1. The lowest BCUT2D eigenvalue weighted by molar-refractivity contribution is 0.0497. The minimum Gasteiger partial charge on any atom is -0.462 e. The van der Waals surface area contributed by atoms with Crippen molar-refractivity contribution in [3.05, 3.63) is 29.3 Å². The van der Waals surface area contributed by atoms with Crippen molar-refractivity contribution in [2.24, 2.45) is 0 Å². The first kappa shape index (κ1) is 14.5. The van der Waals surface area contributed by atoms with Crippen molar-refractivity contribution >= 4 is 11.7 Å². The van der Waals surface area contributed by atoms with E-state index in [-0.39, 0.29) is 12.6 Å². The summed E-state index contributed by atoms with van der Waals surface area (Å²) < 4.78 is 5.19. The number of rotatable bonds is 7. The highest BCUT2D eigenvalue weighted by molar-refractivity contribution is 5.96. The number of nitrogen functional groups attached to an aromatic ring is 1. The predicted octanol–water partition coefficient (Wildman–Crippen LogP) is 2.29. The van der Waals surface area contributed by atoms with Crippen molar-refractivity contribution in [3.8, 4) is 0 Å². The molecule has 4 heteroatoms. The van der Waals surface area contributed by atoms with Crippen molar-refractivity contribution in [1.82, 2.24) is 0 Å². The first-order valence-electron chi connectivity index (χ1n) is 6.30. The second-order valence-corrected chi connectivity index (χ2v) is 4.31. The second-order valence-electron chi connectivity index (χ2n) is 4.31. The van der Waals surface area contributed by atoms with E-state index in [0.29, 0.717) is 17.9 Å². The molecule has 1 aromatic carbocycles. The van der Waals surface area contributed by atoms with Crippen LogP contribution in [0, 0.1) is 6.92 Å². The molecule has 0 aliphatic heterocycles. The van der Waals surface area contributed by atoms with Crippen molar-refractivity contribution in [2.45, 2.75) is 32.6 Å². The Kier molecular flexibility index (Phi) is 6.22. The summed E-state index contributed by atoms with van der Waals surface area (Å²) in [5.41, 5.74) is 7.52. The number of aliphatic hydroxyl groups is 1. The van der Waals surface area contributed by atoms with Crippen LogP contribution in [0.15, 0.2) is 18.2 Å². The van der Waals surface area contributed by atoms with Crippen molar-refractivity contribution in [3.63, 3.8) is 0 Å². The molecule has 0 saturated carbocycles. The van der Waals surface area contributed by atoms with E-state index in [0.717, 1.165) is 31.2 Å². The largest absolute Gasteiger partial charge is 0.462 e. The normalized spacial score (nSPS) is 10.3. The molecule has 0 aliphatic carbocycles. The zero-order chi connectivity index (χ0) is 13.4. The molecule has 100 valence electrons. The summed E-state index contributed by atoms with van der Waals surface area (Å²) in [5, 5.41) is 8.62. The Balaban J connectivity index is 2.37. The number of carbonyl (C=O) groups is 1. The fourth-order valence-electron chi connectivity index (χ4n) is 1.77. The van der Waals surface area contributed by atoms with Crippen molar-refractivity contribution in [1.29, 1.82) is 0 Å². The standard InChI is InChI=1S/C14H21NO3/c1-11-7-6-8-12(15)13(11)14(17)18-10-5-3-2-4-9-16/h6-8,16H,2-5,9-10,15H2,1H3. The quantitative estimate of drug-likeness (QED) is 0.443. The number of carbonyl (C=O) groups excluding carboxylic acids is 1. The molecule has 0 fully saturated rings. The summed E-state index contributed by atoms with van der Waals surface area (Å²) in [4.78, 5) is 11.8. The Morgan fingerprint density at radius 1 is 1.28 bits per heavy atom. The number of esters is 1. The summed E-state index contributed by atoms with van der Waals surface area (Å²) in [5.74, 6) is -0.354. The average Bonchev–Trinajstić information content (AvgIpc) is 2.33. The highest BCUT2D eigenvalue weighted by Crippen LogP contribution is 2.17. The highest BCUT2D eigenvalue weighted by Gasteiger charge is 2.13. The lowest BCUT2D eigenvalue weighted by Crippen LogP contribution is -2.11. The van der Waals surface area contributed by atoms with Gasteiger partial charge in [-0.1, -0.05) is 18.6 Å². The van der Waals surface area contributed by atoms with Gasteiger partial charge in [0, 0.05) is 12.3 Å². The number of aryl methyl sites for hydroxylation is 1. The van der Waals surface area contributed by atoms with Crippen molar-refractivity contribution in [2.75, 3.05) is 18.9 Å². The van der Waals surface area contributed by atoms with Gasteiger partial charge in [-0.3, -0.25) is 0 Å². The van der Waals surface area contributed by atoms with E-state index >= 15 is 0 Å². The third-order valence-corrected chi connectivity index (χ3v) is 2.79. The number of ether oxygens (including phenoxy) is 1. The van der Waals surface area contributed by atoms with E-state index in [1.165, 1.54) is 0 Å². The van der Waals surface area contributed by atoms with Gasteiger partial charge in [0.2, 0.25) is 0 Å². The van der Waals surface area contributed by atoms with Gasteiger partial charge in [-0.15, -0.1) is 0 Å². The molecule has 3 N–H and O–H groups in total. The predicted molar refractivity (Wildman–Crippen MR) is 71.4 cm³/mol. The van der Waals surface area contributed by atoms with Crippen LogP contribution in [0.2, 0.25) is 0 Å². The summed E-state index contributed by atoms with van der Waals surface area (Å²) >= 11 is 0. The number of hydrogen-bond acceptors (Lipinski definition) is 4. The third-order valence-electron chi connectivity index (χ3n) is 2.79. The van der Waals surface area contributed by atoms with Gasteiger partial charge in [0.1, 0.15) is 0 Å². The van der Waals surface area contributed by atoms with Gasteiger partial charge in [-0.2, -0.15) is 0 Å². The van der Waals surface area contributed by atoms with Gasteiger partial charge < -0.3 is 15.6 Å². The van der Waals surface area contributed by atoms with Crippen LogP contribution < -0.4 is 5.73 Å². The Bertz CT molecular complexity index is 370. The molecule has 0 unspecified atom stereocenters. The first-order valence-corrected chi connectivity index (χ1v) is 6.30. The zero-order valence-corrected chi connectivity index (χ0v) is 10.8. The molecule has 0 heterocycles. The van der Waals surface area contributed by atoms with E-state index in [2.05, 4.69) is 0 Å². The molecular formula is C14H21NO3. The maximum Gasteiger partial charge on any atom is 0.340 e. The molecule has 0 atom stereocenters. The molecule has 4 nitrogen and oxygen atoms in total.